The number of esters is 1. The maximum atomic E-state index is 11.9. The number of amides is 1. The van der Waals surface area contributed by atoms with Gasteiger partial charge in [0.1, 0.15) is 17.0 Å². The van der Waals surface area contributed by atoms with Crippen LogP contribution in [0.2, 0.25) is 0 Å². The number of rotatable bonds is 11. The van der Waals surface area contributed by atoms with Gasteiger partial charge in [0.25, 0.3) is 0 Å². The maximum absolute atomic E-state index is 11.9. The Morgan fingerprint density at radius 1 is 1.10 bits per heavy atom. The lowest BCUT2D eigenvalue weighted by Gasteiger charge is -2.22. The second-order valence-electron chi connectivity index (χ2n) is 6.19. The number of carbonyl (C=O) groups is 3. The summed E-state index contributed by atoms with van der Waals surface area (Å²) >= 11 is 11.5. The number of benzene rings is 1. The third kappa shape index (κ3) is 8.34. The third-order valence-electron chi connectivity index (χ3n) is 3.90. The van der Waals surface area contributed by atoms with E-state index in [-0.39, 0.29) is 5.75 Å². The van der Waals surface area contributed by atoms with Crippen LogP contribution < -0.4 is 21.1 Å². The molecule has 0 aromatic heterocycles. The summed E-state index contributed by atoms with van der Waals surface area (Å²) in [6.45, 7) is 1.14. The molecule has 1 rings (SSSR count). The zero-order chi connectivity index (χ0) is 22.9. The highest BCUT2D eigenvalue weighted by molar-refractivity contribution is 7.92. The summed E-state index contributed by atoms with van der Waals surface area (Å²) in [5, 5.41) is -1.69. The van der Waals surface area contributed by atoms with Crippen molar-refractivity contribution in [1.29, 1.82) is 0 Å². The number of halogens is 2. The van der Waals surface area contributed by atoms with Gasteiger partial charge in [-0.05, 0) is 30.7 Å². The highest BCUT2D eigenvalue weighted by Crippen LogP contribution is 2.20. The first-order valence-electron chi connectivity index (χ1n) is 8.63. The SMILES string of the molecule is CS(=O)(=O)C(C[C@H](N)C(=O)OC(=O)Oc1ccc(N(CCCl)CCCl)cc1)C(N)=O. The molecular formula is C17H23Cl2N3O7S. The summed E-state index contributed by atoms with van der Waals surface area (Å²) in [6.07, 6.45) is -1.22. The lowest BCUT2D eigenvalue weighted by molar-refractivity contribution is -0.140. The van der Waals surface area contributed by atoms with Crippen molar-refractivity contribution in [3.8, 4) is 5.75 Å². The molecule has 1 aromatic carbocycles. The largest absolute Gasteiger partial charge is 0.521 e. The Kier molecular flexibility index (Phi) is 10.3. The van der Waals surface area contributed by atoms with E-state index >= 15 is 0 Å². The number of alkyl halides is 2. The van der Waals surface area contributed by atoms with Crippen LogP contribution in [-0.4, -0.2) is 68.8 Å². The fraction of sp³-hybridized carbons (Fsp3) is 0.471. The standard InChI is InChI=1S/C17H23Cl2N3O7S/c1-30(26,27)14(15(21)23)10-13(20)16(24)29-17(25)28-12-4-2-11(3-5-12)22(8-6-18)9-7-19/h2-5,13-14H,6-10,20H2,1H3,(H2,21,23)/t13-,14?/m0/s1. The first-order valence-corrected chi connectivity index (χ1v) is 11.7. The number of anilines is 1. The molecule has 10 nitrogen and oxygen atoms in total. The molecule has 0 bridgehead atoms. The molecule has 1 aromatic rings. The van der Waals surface area contributed by atoms with Crippen LogP contribution in [0.5, 0.6) is 5.75 Å². The number of primary amides is 1. The van der Waals surface area contributed by atoms with Crippen molar-refractivity contribution in [1.82, 2.24) is 0 Å². The molecule has 168 valence electrons. The minimum absolute atomic E-state index is 0.0907. The molecule has 4 N–H and O–H groups in total. The van der Waals surface area contributed by atoms with Crippen LogP contribution in [-0.2, 0) is 24.2 Å². The molecule has 1 amide bonds. The average molecular weight is 484 g/mol. The predicted octanol–water partition coefficient (Wildman–Crippen LogP) is 0.629. The van der Waals surface area contributed by atoms with Gasteiger partial charge >= 0.3 is 12.1 Å². The molecule has 0 saturated carbocycles. The van der Waals surface area contributed by atoms with E-state index in [1.165, 1.54) is 12.1 Å². The molecule has 0 spiro atoms. The van der Waals surface area contributed by atoms with Gasteiger partial charge in [0.2, 0.25) is 5.91 Å². The van der Waals surface area contributed by atoms with Gasteiger partial charge in [0.15, 0.2) is 9.84 Å². The van der Waals surface area contributed by atoms with Crippen LogP contribution in [0.25, 0.3) is 0 Å². The molecule has 0 fully saturated rings. The Bertz CT molecular complexity index is 843. The van der Waals surface area contributed by atoms with Crippen LogP contribution in [0.3, 0.4) is 0 Å². The van der Waals surface area contributed by atoms with E-state index in [2.05, 4.69) is 4.74 Å². The van der Waals surface area contributed by atoms with Crippen molar-refractivity contribution in [2.24, 2.45) is 11.5 Å². The number of sulfone groups is 1. The molecule has 0 aliphatic rings. The fourth-order valence-electron chi connectivity index (χ4n) is 2.40. The Morgan fingerprint density at radius 3 is 2.07 bits per heavy atom. The van der Waals surface area contributed by atoms with Crippen molar-refractivity contribution in [2.45, 2.75) is 17.7 Å². The Hall–Kier alpha value is -2.08. The van der Waals surface area contributed by atoms with Crippen molar-refractivity contribution in [3.63, 3.8) is 0 Å². The van der Waals surface area contributed by atoms with Crippen LogP contribution in [0, 0.1) is 0 Å². The van der Waals surface area contributed by atoms with Crippen LogP contribution in [0.1, 0.15) is 6.42 Å². The zero-order valence-corrected chi connectivity index (χ0v) is 18.5. The first kappa shape index (κ1) is 26.0. The van der Waals surface area contributed by atoms with Gasteiger partial charge in [-0.1, -0.05) is 0 Å². The maximum Gasteiger partial charge on any atom is 0.521 e. The summed E-state index contributed by atoms with van der Waals surface area (Å²) in [6, 6.07) is 4.70. The molecule has 13 heteroatoms. The van der Waals surface area contributed by atoms with E-state index in [0.717, 1.165) is 11.9 Å². The van der Waals surface area contributed by atoms with E-state index in [0.29, 0.717) is 24.8 Å². The molecule has 2 atom stereocenters. The Balaban J connectivity index is 2.68. The first-order chi connectivity index (χ1) is 14.0. The summed E-state index contributed by atoms with van der Waals surface area (Å²) < 4.78 is 32.4. The molecular weight excluding hydrogens is 461 g/mol. The lowest BCUT2D eigenvalue weighted by atomic mass is 10.1. The number of hydrogen-bond donors (Lipinski definition) is 2. The van der Waals surface area contributed by atoms with Gasteiger partial charge in [-0.25, -0.2) is 18.0 Å². The van der Waals surface area contributed by atoms with Crippen LogP contribution >= 0.6 is 23.2 Å². The summed E-state index contributed by atoms with van der Waals surface area (Å²) in [7, 11) is -3.89. The number of nitrogens with two attached hydrogens (primary N) is 2. The highest BCUT2D eigenvalue weighted by atomic mass is 35.5. The number of carbonyl (C=O) groups excluding carboxylic acids is 3. The van der Waals surface area contributed by atoms with E-state index in [1.807, 2.05) is 4.90 Å². The van der Waals surface area contributed by atoms with Crippen molar-refractivity contribution in [2.75, 3.05) is 36.0 Å². The Labute approximate surface area is 184 Å². The normalized spacial score (nSPS) is 13.2. The van der Waals surface area contributed by atoms with E-state index < -0.39 is 45.6 Å². The topological polar surface area (TPSA) is 159 Å². The minimum Gasteiger partial charge on any atom is -0.395 e. The van der Waals surface area contributed by atoms with E-state index in [1.54, 1.807) is 12.1 Å². The second kappa shape index (κ2) is 11.9. The van der Waals surface area contributed by atoms with Gasteiger partial charge in [-0.2, -0.15) is 0 Å². The van der Waals surface area contributed by atoms with E-state index in [4.69, 9.17) is 39.4 Å². The Morgan fingerprint density at radius 2 is 1.63 bits per heavy atom. The highest BCUT2D eigenvalue weighted by Gasteiger charge is 2.32. The second-order valence-corrected chi connectivity index (χ2v) is 9.18. The lowest BCUT2D eigenvalue weighted by Crippen LogP contribution is -2.44. The van der Waals surface area contributed by atoms with Gasteiger partial charge in [-0.3, -0.25) is 4.79 Å². The van der Waals surface area contributed by atoms with Crippen molar-refractivity contribution >= 4 is 56.8 Å². The van der Waals surface area contributed by atoms with Crippen molar-refractivity contribution in [3.05, 3.63) is 24.3 Å². The monoisotopic (exact) mass is 483 g/mol. The molecule has 1 unspecified atom stereocenters. The molecule has 0 aliphatic heterocycles. The fourth-order valence-corrected chi connectivity index (χ4v) is 3.79. The van der Waals surface area contributed by atoms with Crippen LogP contribution in [0.15, 0.2) is 24.3 Å². The summed E-state index contributed by atoms with van der Waals surface area (Å²) in [5.41, 5.74) is 11.3. The summed E-state index contributed by atoms with van der Waals surface area (Å²) in [5.74, 6) is -1.53. The van der Waals surface area contributed by atoms with Crippen LogP contribution in [0.4, 0.5) is 10.5 Å². The molecule has 0 heterocycles. The molecule has 30 heavy (non-hydrogen) atoms. The van der Waals surface area contributed by atoms with Gasteiger partial charge in [0.05, 0.1) is 0 Å². The molecule has 0 saturated heterocycles. The third-order valence-corrected chi connectivity index (χ3v) is 5.70. The number of ether oxygens (including phenoxy) is 2. The minimum atomic E-state index is -3.89. The van der Waals surface area contributed by atoms with Gasteiger partial charge in [0, 0.05) is 36.8 Å². The van der Waals surface area contributed by atoms with E-state index in [9.17, 15) is 22.8 Å². The van der Waals surface area contributed by atoms with Gasteiger partial charge < -0.3 is 25.8 Å². The average Bonchev–Trinajstić information content (AvgIpc) is 2.65. The number of nitrogens with zero attached hydrogens (tertiary/aromatic N) is 1. The molecule has 0 aliphatic carbocycles. The zero-order valence-electron chi connectivity index (χ0n) is 16.1. The van der Waals surface area contributed by atoms with Gasteiger partial charge in [-0.15, -0.1) is 23.2 Å². The predicted molar refractivity (Wildman–Crippen MR) is 113 cm³/mol. The quantitative estimate of drug-likeness (QED) is 0.199. The molecule has 0 radical (unpaired) electrons. The summed E-state index contributed by atoms with van der Waals surface area (Å²) in [4.78, 5) is 36.9. The van der Waals surface area contributed by atoms with Crippen molar-refractivity contribution < 1.29 is 32.3 Å². The smallest absolute Gasteiger partial charge is 0.395 e. The number of hydrogen-bond acceptors (Lipinski definition) is 9.